The molecule has 0 radical (unpaired) electrons. The van der Waals surface area contributed by atoms with Crippen LogP contribution in [-0.4, -0.2) is 24.3 Å². The molecular weight excluding hydrogens is 180 g/mol. The van der Waals surface area contributed by atoms with Gasteiger partial charge in [-0.2, -0.15) is 0 Å². The molecule has 3 nitrogen and oxygen atoms in total. The van der Waals surface area contributed by atoms with Crippen LogP contribution in [0, 0.1) is 5.92 Å². The third-order valence-corrected chi connectivity index (χ3v) is 2.72. The zero-order chi connectivity index (χ0) is 10.4. The lowest BCUT2D eigenvalue weighted by atomic mass is 9.90. The molecule has 1 saturated carbocycles. The van der Waals surface area contributed by atoms with Crippen molar-refractivity contribution in [3.8, 4) is 0 Å². The van der Waals surface area contributed by atoms with Crippen molar-refractivity contribution < 1.29 is 14.6 Å². The van der Waals surface area contributed by atoms with E-state index in [2.05, 4.69) is 0 Å². The van der Waals surface area contributed by atoms with Crippen LogP contribution in [0.5, 0.6) is 0 Å². The molecule has 3 heteroatoms. The minimum Gasteiger partial charge on any atom is -0.344 e. The van der Waals surface area contributed by atoms with Crippen LogP contribution in [0.15, 0.2) is 0 Å². The summed E-state index contributed by atoms with van der Waals surface area (Å²) in [5.41, 5.74) is 0. The van der Waals surface area contributed by atoms with Gasteiger partial charge in [-0.3, -0.25) is 0 Å². The van der Waals surface area contributed by atoms with E-state index in [0.29, 0.717) is 19.1 Å². The van der Waals surface area contributed by atoms with Crippen LogP contribution in [-0.2, 0) is 9.47 Å². The van der Waals surface area contributed by atoms with E-state index in [9.17, 15) is 5.11 Å². The van der Waals surface area contributed by atoms with Gasteiger partial charge in [-0.1, -0.05) is 19.3 Å². The van der Waals surface area contributed by atoms with Gasteiger partial charge in [-0.25, -0.2) is 0 Å². The fourth-order valence-electron chi connectivity index (χ4n) is 1.94. The molecule has 0 aromatic heterocycles. The molecule has 1 fully saturated rings. The second kappa shape index (κ2) is 5.69. The molecular formula is C11H22O3. The first kappa shape index (κ1) is 12.0. The number of hydrogen-bond donors (Lipinski definition) is 1. The number of aliphatic hydroxyl groups is 1. The highest BCUT2D eigenvalue weighted by atomic mass is 16.8. The fraction of sp³-hybridized carbons (Fsp3) is 1.00. The quantitative estimate of drug-likeness (QED) is 0.695. The van der Waals surface area contributed by atoms with Gasteiger partial charge in [0.05, 0.1) is 6.61 Å². The molecule has 1 aliphatic carbocycles. The molecule has 0 saturated heterocycles. The van der Waals surface area contributed by atoms with E-state index in [1.807, 2.05) is 6.92 Å². The van der Waals surface area contributed by atoms with E-state index in [4.69, 9.17) is 9.47 Å². The summed E-state index contributed by atoms with van der Waals surface area (Å²) in [7, 11) is 0. The van der Waals surface area contributed by atoms with E-state index in [-0.39, 0.29) is 0 Å². The Balaban J connectivity index is 2.17. The molecule has 1 atom stereocenters. The first-order chi connectivity index (χ1) is 6.64. The van der Waals surface area contributed by atoms with Gasteiger partial charge >= 0.3 is 0 Å². The van der Waals surface area contributed by atoms with Crippen LogP contribution in [0.3, 0.4) is 0 Å². The highest BCUT2D eigenvalue weighted by Crippen LogP contribution is 2.25. The van der Waals surface area contributed by atoms with Crippen LogP contribution in [0.2, 0.25) is 0 Å². The molecule has 84 valence electrons. The van der Waals surface area contributed by atoms with Crippen molar-refractivity contribution in [2.75, 3.05) is 13.2 Å². The van der Waals surface area contributed by atoms with Gasteiger partial charge in [-0.15, -0.1) is 0 Å². The lowest BCUT2D eigenvalue weighted by Crippen LogP contribution is -2.34. The summed E-state index contributed by atoms with van der Waals surface area (Å²) >= 11 is 0. The Morgan fingerprint density at radius 2 is 1.86 bits per heavy atom. The van der Waals surface area contributed by atoms with Crippen molar-refractivity contribution in [3.05, 3.63) is 0 Å². The van der Waals surface area contributed by atoms with Gasteiger partial charge in [0.2, 0.25) is 0 Å². The predicted molar refractivity (Wildman–Crippen MR) is 54.8 cm³/mol. The summed E-state index contributed by atoms with van der Waals surface area (Å²) in [6.07, 6.45) is 6.39. The highest BCUT2D eigenvalue weighted by molar-refractivity contribution is 4.65. The third kappa shape index (κ3) is 4.40. The second-order valence-electron chi connectivity index (χ2n) is 4.15. The van der Waals surface area contributed by atoms with Gasteiger partial charge in [-0.05, 0) is 25.7 Å². The molecule has 1 rings (SSSR count). The number of ether oxygens (including phenoxy) is 2. The van der Waals surface area contributed by atoms with Gasteiger partial charge < -0.3 is 14.6 Å². The summed E-state index contributed by atoms with van der Waals surface area (Å²) in [6, 6.07) is 0. The normalized spacial score (nSPS) is 23.4. The topological polar surface area (TPSA) is 38.7 Å². The van der Waals surface area contributed by atoms with Crippen molar-refractivity contribution in [3.63, 3.8) is 0 Å². The van der Waals surface area contributed by atoms with Gasteiger partial charge in [0, 0.05) is 13.5 Å². The SMILES string of the molecule is CCOC(C)(O)OCC1CCCCC1. The zero-order valence-corrected chi connectivity index (χ0v) is 9.29. The standard InChI is InChI=1S/C11H22O3/c1-3-13-11(2,12)14-9-10-7-5-4-6-8-10/h10,12H,3-9H2,1-2H3. The Kier molecular flexibility index (Phi) is 4.85. The number of rotatable bonds is 5. The molecule has 0 amide bonds. The van der Waals surface area contributed by atoms with Crippen LogP contribution >= 0.6 is 0 Å². The molecule has 1 unspecified atom stereocenters. The average Bonchev–Trinajstić information content (AvgIpc) is 2.17. The van der Waals surface area contributed by atoms with Gasteiger partial charge in [0.1, 0.15) is 0 Å². The molecule has 0 aliphatic heterocycles. The maximum Gasteiger partial charge on any atom is 0.277 e. The third-order valence-electron chi connectivity index (χ3n) is 2.72. The summed E-state index contributed by atoms with van der Waals surface area (Å²) < 4.78 is 10.4. The molecule has 1 aliphatic rings. The van der Waals surface area contributed by atoms with E-state index in [1.54, 1.807) is 6.92 Å². The van der Waals surface area contributed by atoms with Crippen LogP contribution in [0.4, 0.5) is 0 Å². The maximum absolute atomic E-state index is 9.60. The van der Waals surface area contributed by atoms with Crippen LogP contribution in [0.1, 0.15) is 46.0 Å². The Morgan fingerprint density at radius 1 is 1.21 bits per heavy atom. The minimum absolute atomic E-state index is 0.470. The predicted octanol–water partition coefficient (Wildman–Crippen LogP) is 2.29. The average molecular weight is 202 g/mol. The summed E-state index contributed by atoms with van der Waals surface area (Å²) in [5.74, 6) is -0.790. The van der Waals surface area contributed by atoms with Crippen LogP contribution in [0.25, 0.3) is 0 Å². The lowest BCUT2D eigenvalue weighted by molar-refractivity contribution is -0.350. The lowest BCUT2D eigenvalue weighted by Gasteiger charge is -2.27. The smallest absolute Gasteiger partial charge is 0.277 e. The van der Waals surface area contributed by atoms with Gasteiger partial charge in [0.15, 0.2) is 0 Å². The zero-order valence-electron chi connectivity index (χ0n) is 9.29. The molecule has 0 aromatic rings. The molecule has 0 bridgehead atoms. The monoisotopic (exact) mass is 202 g/mol. The van der Waals surface area contributed by atoms with Crippen LogP contribution < -0.4 is 0 Å². The molecule has 1 N–H and O–H groups in total. The maximum atomic E-state index is 9.60. The summed E-state index contributed by atoms with van der Waals surface area (Å²) in [6.45, 7) is 4.49. The largest absolute Gasteiger partial charge is 0.344 e. The Hall–Kier alpha value is -0.120. The second-order valence-corrected chi connectivity index (χ2v) is 4.15. The highest BCUT2D eigenvalue weighted by Gasteiger charge is 2.23. The van der Waals surface area contributed by atoms with Crippen molar-refractivity contribution in [1.82, 2.24) is 0 Å². The van der Waals surface area contributed by atoms with Crippen molar-refractivity contribution in [2.24, 2.45) is 5.92 Å². The van der Waals surface area contributed by atoms with E-state index in [0.717, 1.165) is 0 Å². The van der Waals surface area contributed by atoms with E-state index in [1.165, 1.54) is 32.1 Å². The first-order valence-corrected chi connectivity index (χ1v) is 5.64. The van der Waals surface area contributed by atoms with Crippen molar-refractivity contribution in [2.45, 2.75) is 51.9 Å². The molecule has 0 aromatic carbocycles. The Bertz CT molecular complexity index is 151. The Morgan fingerprint density at radius 3 is 2.43 bits per heavy atom. The van der Waals surface area contributed by atoms with Crippen molar-refractivity contribution >= 4 is 0 Å². The van der Waals surface area contributed by atoms with E-state index >= 15 is 0 Å². The fourth-order valence-corrected chi connectivity index (χ4v) is 1.94. The number of hydrogen-bond acceptors (Lipinski definition) is 3. The first-order valence-electron chi connectivity index (χ1n) is 5.64. The summed E-state index contributed by atoms with van der Waals surface area (Å²) in [5, 5.41) is 9.60. The van der Waals surface area contributed by atoms with E-state index < -0.39 is 5.97 Å². The molecule has 14 heavy (non-hydrogen) atoms. The summed E-state index contributed by atoms with van der Waals surface area (Å²) in [4.78, 5) is 0. The molecule has 0 spiro atoms. The van der Waals surface area contributed by atoms with Gasteiger partial charge in [0.25, 0.3) is 5.97 Å². The van der Waals surface area contributed by atoms with Crippen molar-refractivity contribution in [1.29, 1.82) is 0 Å². The molecule has 0 heterocycles. The Labute approximate surface area is 86.4 Å². The minimum atomic E-state index is -1.40.